The molecule has 0 aromatic carbocycles. The molecule has 0 radical (unpaired) electrons. The molecule has 2 fully saturated rings. The van der Waals surface area contributed by atoms with Gasteiger partial charge in [-0.25, -0.2) is 4.98 Å². The van der Waals surface area contributed by atoms with Crippen molar-refractivity contribution in [1.82, 2.24) is 29.6 Å². The van der Waals surface area contributed by atoms with E-state index in [0.717, 1.165) is 72.1 Å². The predicted molar refractivity (Wildman–Crippen MR) is 128 cm³/mol. The minimum atomic E-state index is -0.106. The van der Waals surface area contributed by atoms with Crippen molar-refractivity contribution in [3.05, 3.63) is 17.4 Å². The van der Waals surface area contributed by atoms with Crippen molar-refractivity contribution in [2.45, 2.75) is 70.1 Å². The van der Waals surface area contributed by atoms with Crippen molar-refractivity contribution in [3.63, 3.8) is 0 Å². The van der Waals surface area contributed by atoms with Gasteiger partial charge in [-0.2, -0.15) is 15.1 Å². The average Bonchev–Trinajstić information content (AvgIpc) is 3.40. The molecule has 5 rings (SSSR count). The molecular weight excluding hydrogens is 424 g/mol. The van der Waals surface area contributed by atoms with Gasteiger partial charge < -0.3 is 20.6 Å². The van der Waals surface area contributed by atoms with Crippen LogP contribution in [0.15, 0.2) is 12.4 Å². The van der Waals surface area contributed by atoms with Crippen LogP contribution in [0.1, 0.15) is 50.5 Å². The molecule has 9 nitrogen and oxygen atoms in total. The number of piperidine rings is 1. The van der Waals surface area contributed by atoms with E-state index >= 15 is 0 Å². The van der Waals surface area contributed by atoms with Crippen molar-refractivity contribution < 1.29 is 5.11 Å². The van der Waals surface area contributed by atoms with E-state index in [2.05, 4.69) is 27.6 Å². The number of aliphatic hydroxyl groups excluding tert-OH is 1. The predicted octanol–water partition coefficient (Wildman–Crippen LogP) is 3.31. The van der Waals surface area contributed by atoms with Crippen LogP contribution in [-0.4, -0.2) is 66.0 Å². The quantitative estimate of drug-likeness (QED) is 0.519. The molecular formula is C22H32N8OS. The average molecular weight is 457 g/mol. The molecule has 3 aromatic rings. The molecule has 10 heteroatoms. The van der Waals surface area contributed by atoms with Crippen LogP contribution in [0, 0.1) is 0 Å². The number of nitrogens with one attached hydrogen (secondary N) is 2. The minimum Gasteiger partial charge on any atom is -0.393 e. The fourth-order valence-corrected chi connectivity index (χ4v) is 5.69. The lowest BCUT2D eigenvalue weighted by molar-refractivity contribution is 0.0495. The third-order valence-electron chi connectivity index (χ3n) is 6.62. The molecule has 0 unspecified atom stereocenters. The molecule has 3 N–H and O–H groups in total. The molecule has 0 atom stereocenters. The maximum Gasteiger partial charge on any atom is 0.230 e. The Morgan fingerprint density at radius 3 is 2.56 bits per heavy atom. The summed E-state index contributed by atoms with van der Waals surface area (Å²) >= 11 is 1.63. The molecule has 1 saturated heterocycles. The first kappa shape index (κ1) is 21.5. The normalized spacial score (nSPS) is 23.0. The first-order valence-electron chi connectivity index (χ1n) is 11.7. The number of fused-ring (bicyclic) bond motifs is 1. The van der Waals surface area contributed by atoms with Gasteiger partial charge in [0.1, 0.15) is 5.52 Å². The fourth-order valence-electron chi connectivity index (χ4n) is 4.82. The van der Waals surface area contributed by atoms with Gasteiger partial charge >= 0.3 is 0 Å². The maximum absolute atomic E-state index is 9.79. The number of thiazole rings is 1. The van der Waals surface area contributed by atoms with E-state index in [9.17, 15) is 5.11 Å². The Morgan fingerprint density at radius 2 is 1.88 bits per heavy atom. The van der Waals surface area contributed by atoms with Gasteiger partial charge in [-0.1, -0.05) is 18.3 Å². The van der Waals surface area contributed by atoms with Crippen molar-refractivity contribution >= 4 is 39.1 Å². The van der Waals surface area contributed by atoms with Gasteiger partial charge in [-0.05, 0) is 44.9 Å². The third kappa shape index (κ3) is 4.72. The molecule has 0 amide bonds. The van der Waals surface area contributed by atoms with Gasteiger partial charge in [0, 0.05) is 38.4 Å². The van der Waals surface area contributed by atoms with Crippen LogP contribution in [-0.2, 0) is 13.5 Å². The van der Waals surface area contributed by atoms with Gasteiger partial charge in [-0.3, -0.25) is 4.68 Å². The summed E-state index contributed by atoms with van der Waals surface area (Å²) in [5.74, 6) is 1.39. The summed E-state index contributed by atoms with van der Waals surface area (Å²) < 4.78 is 1.75. The Balaban J connectivity index is 1.30. The van der Waals surface area contributed by atoms with Gasteiger partial charge in [0.15, 0.2) is 10.6 Å². The van der Waals surface area contributed by atoms with Gasteiger partial charge in [0.25, 0.3) is 0 Å². The molecule has 1 aliphatic heterocycles. The molecule has 1 aliphatic carbocycles. The van der Waals surface area contributed by atoms with E-state index in [-0.39, 0.29) is 6.10 Å². The van der Waals surface area contributed by atoms with Gasteiger partial charge in [-0.15, -0.1) is 0 Å². The Kier molecular flexibility index (Phi) is 6.25. The number of nitrogens with zero attached hydrogens (tertiary/aromatic N) is 6. The number of rotatable bonds is 6. The van der Waals surface area contributed by atoms with E-state index in [1.807, 2.05) is 13.2 Å². The Bertz CT molecular complexity index is 1050. The minimum absolute atomic E-state index is 0.106. The molecule has 32 heavy (non-hydrogen) atoms. The second-order valence-electron chi connectivity index (χ2n) is 8.96. The SMILES string of the molecule is CCc1nc2c(N[C@H]3CC[C@H](N4CCC(O)CC4)CC3)nc(Nc3cnn(C)c3)nc2s1. The first-order valence-corrected chi connectivity index (χ1v) is 12.5. The second kappa shape index (κ2) is 9.29. The third-order valence-corrected chi connectivity index (χ3v) is 7.71. The maximum atomic E-state index is 9.79. The molecule has 3 aromatic heterocycles. The molecule has 0 spiro atoms. The fraction of sp³-hybridized carbons (Fsp3) is 0.636. The topological polar surface area (TPSA) is 104 Å². The van der Waals surface area contributed by atoms with E-state index in [1.54, 1.807) is 22.2 Å². The lowest BCUT2D eigenvalue weighted by Crippen LogP contribution is -2.45. The number of anilines is 3. The lowest BCUT2D eigenvalue weighted by atomic mass is 9.89. The Morgan fingerprint density at radius 1 is 1.09 bits per heavy atom. The molecule has 4 heterocycles. The highest BCUT2D eigenvalue weighted by atomic mass is 32.1. The summed E-state index contributed by atoms with van der Waals surface area (Å²) in [4.78, 5) is 17.8. The highest BCUT2D eigenvalue weighted by molar-refractivity contribution is 7.18. The van der Waals surface area contributed by atoms with Crippen molar-refractivity contribution in [2.75, 3.05) is 23.7 Å². The zero-order valence-electron chi connectivity index (χ0n) is 18.8. The van der Waals surface area contributed by atoms with Crippen LogP contribution in [0.5, 0.6) is 0 Å². The zero-order chi connectivity index (χ0) is 22.1. The number of hydrogen-bond acceptors (Lipinski definition) is 9. The molecule has 0 bridgehead atoms. The van der Waals surface area contributed by atoms with Crippen LogP contribution in [0.3, 0.4) is 0 Å². The summed E-state index contributed by atoms with van der Waals surface area (Å²) in [5.41, 5.74) is 1.74. The van der Waals surface area contributed by atoms with Crippen LogP contribution in [0.25, 0.3) is 10.3 Å². The van der Waals surface area contributed by atoms with Crippen molar-refractivity contribution in [1.29, 1.82) is 0 Å². The zero-order valence-corrected chi connectivity index (χ0v) is 19.6. The standard InChI is InChI=1S/C22H32N8OS/c1-3-18-26-19-20(27-22(28-21(19)32-18)25-15-12-23-29(2)13-15)24-14-4-6-16(7-5-14)30-10-8-17(31)9-11-30/h12-14,16-17,31H,3-11H2,1-2H3,(H2,24,25,27,28)/t14-,16-. The van der Waals surface area contributed by atoms with Crippen molar-refractivity contribution in [3.8, 4) is 0 Å². The smallest absolute Gasteiger partial charge is 0.230 e. The summed E-state index contributed by atoms with van der Waals surface area (Å²) in [6, 6.07) is 1.03. The Labute approximate surface area is 192 Å². The number of hydrogen-bond donors (Lipinski definition) is 3. The summed E-state index contributed by atoms with van der Waals surface area (Å²) in [5, 5.41) is 22.1. The van der Waals surface area contributed by atoms with E-state index < -0.39 is 0 Å². The highest BCUT2D eigenvalue weighted by Gasteiger charge is 2.29. The summed E-state index contributed by atoms with van der Waals surface area (Å²) in [6.45, 7) is 4.17. The molecule has 2 aliphatic rings. The van der Waals surface area contributed by atoms with Gasteiger partial charge in [0.2, 0.25) is 5.95 Å². The van der Waals surface area contributed by atoms with E-state index in [0.29, 0.717) is 18.0 Å². The van der Waals surface area contributed by atoms with E-state index in [4.69, 9.17) is 15.0 Å². The lowest BCUT2D eigenvalue weighted by Gasteiger charge is -2.40. The number of aliphatic hydroxyl groups is 1. The second-order valence-corrected chi connectivity index (χ2v) is 10.0. The van der Waals surface area contributed by atoms with Crippen molar-refractivity contribution in [2.24, 2.45) is 7.05 Å². The van der Waals surface area contributed by atoms with Gasteiger partial charge in [0.05, 0.1) is 23.0 Å². The Hall–Kier alpha value is -2.30. The largest absolute Gasteiger partial charge is 0.393 e. The summed E-state index contributed by atoms with van der Waals surface area (Å²) in [7, 11) is 1.89. The molecule has 1 saturated carbocycles. The number of aromatic nitrogens is 5. The highest BCUT2D eigenvalue weighted by Crippen LogP contribution is 2.32. The van der Waals surface area contributed by atoms with Crippen LogP contribution >= 0.6 is 11.3 Å². The number of aryl methyl sites for hydroxylation is 2. The van der Waals surface area contributed by atoms with E-state index in [1.165, 1.54) is 12.8 Å². The van der Waals surface area contributed by atoms with Crippen LogP contribution in [0.4, 0.5) is 17.5 Å². The summed E-state index contributed by atoms with van der Waals surface area (Å²) in [6.07, 6.45) is 10.9. The first-order chi connectivity index (χ1) is 15.6. The van der Waals surface area contributed by atoms with Crippen LogP contribution < -0.4 is 10.6 Å². The molecule has 172 valence electrons. The van der Waals surface area contributed by atoms with Crippen LogP contribution in [0.2, 0.25) is 0 Å². The monoisotopic (exact) mass is 456 g/mol. The number of likely N-dealkylation sites (tertiary alicyclic amines) is 1.